The number of fused-ring (bicyclic) bond motifs is 3. The quantitative estimate of drug-likeness (QED) is 0.503. The van der Waals surface area contributed by atoms with Gasteiger partial charge in [-0.25, -0.2) is 4.79 Å². The zero-order chi connectivity index (χ0) is 22.2. The molecule has 3 heterocycles. The minimum Gasteiger partial charge on any atom is -0.492 e. The van der Waals surface area contributed by atoms with E-state index >= 15 is 0 Å². The summed E-state index contributed by atoms with van der Waals surface area (Å²) in [6.45, 7) is 3.26. The summed E-state index contributed by atoms with van der Waals surface area (Å²) >= 11 is 0. The third-order valence-corrected chi connectivity index (χ3v) is 6.00. The Kier molecular flexibility index (Phi) is 5.16. The fourth-order valence-electron chi connectivity index (χ4n) is 4.38. The molecule has 3 aromatic rings. The number of methoxy groups -OCH3 is 1. The topological polar surface area (TPSA) is 71.6 Å². The number of likely N-dealkylation sites (N-methyl/N-ethyl adjacent to an activating group) is 1. The Balaban J connectivity index is 1.39. The van der Waals surface area contributed by atoms with Crippen LogP contribution in [0.15, 0.2) is 39.5 Å². The first-order chi connectivity index (χ1) is 15.5. The molecule has 2 atom stereocenters. The van der Waals surface area contributed by atoms with Crippen LogP contribution in [0.4, 0.5) is 0 Å². The fraction of sp³-hybridized carbons (Fsp3) is 0.320. The Morgan fingerprint density at radius 1 is 1.22 bits per heavy atom. The first kappa shape index (κ1) is 20.3. The first-order valence-corrected chi connectivity index (χ1v) is 10.5. The minimum atomic E-state index is -0.372. The van der Waals surface area contributed by atoms with Gasteiger partial charge in [-0.05, 0) is 42.2 Å². The molecule has 0 radical (unpaired) electrons. The van der Waals surface area contributed by atoms with Gasteiger partial charge in [0.05, 0.1) is 26.3 Å². The molecule has 1 N–H and O–H groups in total. The van der Waals surface area contributed by atoms with Gasteiger partial charge in [-0.15, -0.1) is 0 Å². The Morgan fingerprint density at radius 3 is 2.94 bits per heavy atom. The molecule has 7 nitrogen and oxygen atoms in total. The molecule has 1 aromatic heterocycles. The fourth-order valence-corrected chi connectivity index (χ4v) is 4.38. The molecule has 0 saturated heterocycles. The van der Waals surface area contributed by atoms with Crippen LogP contribution in [0, 0.1) is 18.8 Å². The van der Waals surface area contributed by atoms with Crippen molar-refractivity contribution in [2.45, 2.75) is 19.4 Å². The maximum Gasteiger partial charge on any atom is 0.336 e. The van der Waals surface area contributed by atoms with Crippen molar-refractivity contribution in [1.82, 2.24) is 0 Å². The summed E-state index contributed by atoms with van der Waals surface area (Å²) < 4.78 is 28.0. The second kappa shape index (κ2) is 8.13. The van der Waals surface area contributed by atoms with Crippen LogP contribution < -0.4 is 29.5 Å². The van der Waals surface area contributed by atoms with Crippen molar-refractivity contribution in [1.29, 1.82) is 0 Å². The lowest BCUT2D eigenvalue weighted by atomic mass is 9.91. The summed E-state index contributed by atoms with van der Waals surface area (Å²) in [6, 6.07) is 8.93. The van der Waals surface area contributed by atoms with Gasteiger partial charge in [0.2, 0.25) is 12.5 Å². The van der Waals surface area contributed by atoms with Crippen molar-refractivity contribution >= 4 is 11.0 Å². The third kappa shape index (κ3) is 3.53. The predicted octanol–water partition coefficient (Wildman–Crippen LogP) is 2.03. The van der Waals surface area contributed by atoms with Crippen molar-refractivity contribution in [3.63, 3.8) is 0 Å². The van der Waals surface area contributed by atoms with E-state index in [0.29, 0.717) is 22.8 Å². The minimum absolute atomic E-state index is 0.0657. The molecule has 7 heteroatoms. The average molecular weight is 434 g/mol. The van der Waals surface area contributed by atoms with Gasteiger partial charge in [-0.2, -0.15) is 0 Å². The van der Waals surface area contributed by atoms with E-state index in [4.69, 9.17) is 23.4 Å². The highest BCUT2D eigenvalue weighted by Gasteiger charge is 2.35. The molecule has 2 aromatic carbocycles. The molecule has 164 valence electrons. The summed E-state index contributed by atoms with van der Waals surface area (Å²) in [5, 5.41) is 0.887. The van der Waals surface area contributed by atoms with Crippen LogP contribution in [-0.2, 0) is 6.42 Å². The van der Waals surface area contributed by atoms with Crippen LogP contribution in [0.3, 0.4) is 0 Å². The van der Waals surface area contributed by atoms with Crippen LogP contribution in [0.25, 0.3) is 11.0 Å². The van der Waals surface area contributed by atoms with Crippen LogP contribution in [0.5, 0.6) is 23.0 Å². The van der Waals surface area contributed by atoms with Gasteiger partial charge in [0.1, 0.15) is 17.9 Å². The summed E-state index contributed by atoms with van der Waals surface area (Å²) in [5.41, 5.74) is 3.24. The molecule has 1 unspecified atom stereocenters. The van der Waals surface area contributed by atoms with Gasteiger partial charge in [0, 0.05) is 23.9 Å². The average Bonchev–Trinajstić information content (AvgIpc) is 3.24. The number of hydrogen-bond donors (Lipinski definition) is 1. The SMILES string of the molecule is COc1c2c(cc3c1[C@@H](C#CCOc1ccc4c(C)cc(=O)oc4c1)[NH+](C)CC3)OCO2. The van der Waals surface area contributed by atoms with Gasteiger partial charge < -0.3 is 28.3 Å². The zero-order valence-corrected chi connectivity index (χ0v) is 18.2. The highest BCUT2D eigenvalue weighted by Crippen LogP contribution is 2.47. The zero-order valence-electron chi connectivity index (χ0n) is 18.2. The van der Waals surface area contributed by atoms with Crippen LogP contribution >= 0.6 is 0 Å². The maximum atomic E-state index is 11.6. The molecule has 0 bridgehead atoms. The summed E-state index contributed by atoms with van der Waals surface area (Å²) in [6.07, 6.45) is 0.921. The van der Waals surface area contributed by atoms with E-state index in [-0.39, 0.29) is 25.1 Å². The normalized spacial score (nSPS) is 18.6. The predicted molar refractivity (Wildman–Crippen MR) is 118 cm³/mol. The van der Waals surface area contributed by atoms with E-state index in [0.717, 1.165) is 35.2 Å². The lowest BCUT2D eigenvalue weighted by molar-refractivity contribution is -0.905. The van der Waals surface area contributed by atoms with E-state index in [1.807, 2.05) is 25.1 Å². The van der Waals surface area contributed by atoms with Crippen molar-refractivity contribution in [3.05, 3.63) is 57.4 Å². The molecule has 0 aliphatic carbocycles. The number of quaternary nitrogens is 1. The molecular weight excluding hydrogens is 410 g/mol. The number of aryl methyl sites for hydroxylation is 1. The van der Waals surface area contributed by atoms with Crippen molar-refractivity contribution in [3.8, 4) is 34.8 Å². The van der Waals surface area contributed by atoms with Gasteiger partial charge in [-0.1, -0.05) is 5.92 Å². The molecule has 32 heavy (non-hydrogen) atoms. The molecule has 2 aliphatic rings. The van der Waals surface area contributed by atoms with E-state index in [1.165, 1.54) is 16.5 Å². The molecule has 0 fully saturated rings. The molecule has 0 spiro atoms. The highest BCUT2D eigenvalue weighted by atomic mass is 16.7. The van der Waals surface area contributed by atoms with Gasteiger partial charge in [0.25, 0.3) is 0 Å². The Bertz CT molecular complexity index is 1320. The van der Waals surface area contributed by atoms with E-state index in [9.17, 15) is 4.79 Å². The lowest BCUT2D eigenvalue weighted by Gasteiger charge is -2.29. The van der Waals surface area contributed by atoms with Gasteiger partial charge in [-0.3, -0.25) is 0 Å². The first-order valence-electron chi connectivity index (χ1n) is 10.5. The third-order valence-electron chi connectivity index (χ3n) is 6.00. The van der Waals surface area contributed by atoms with E-state index in [1.54, 1.807) is 13.2 Å². The Morgan fingerprint density at radius 2 is 2.09 bits per heavy atom. The smallest absolute Gasteiger partial charge is 0.336 e. The number of ether oxygens (including phenoxy) is 4. The highest BCUT2D eigenvalue weighted by molar-refractivity contribution is 5.81. The summed E-state index contributed by atoms with van der Waals surface area (Å²) in [4.78, 5) is 12.9. The maximum absolute atomic E-state index is 11.6. The number of benzene rings is 2. The molecule has 0 amide bonds. The molecule has 2 aliphatic heterocycles. The van der Waals surface area contributed by atoms with Crippen molar-refractivity contribution in [2.24, 2.45) is 0 Å². The summed E-state index contributed by atoms with van der Waals surface area (Å²) in [7, 11) is 3.77. The second-order valence-electron chi connectivity index (χ2n) is 8.01. The Labute approximate surface area is 185 Å². The van der Waals surface area contributed by atoms with Crippen LogP contribution in [0.2, 0.25) is 0 Å². The second-order valence-corrected chi connectivity index (χ2v) is 8.01. The number of hydrogen-bond acceptors (Lipinski definition) is 6. The monoisotopic (exact) mass is 434 g/mol. The van der Waals surface area contributed by atoms with Gasteiger partial charge >= 0.3 is 5.63 Å². The molecule has 5 rings (SSSR count). The molecular formula is C25H24NO6+. The largest absolute Gasteiger partial charge is 0.492 e. The van der Waals surface area contributed by atoms with Crippen LogP contribution in [-0.4, -0.2) is 34.1 Å². The van der Waals surface area contributed by atoms with Crippen molar-refractivity contribution < 1.29 is 28.3 Å². The number of nitrogens with one attached hydrogen (secondary N) is 1. The van der Waals surface area contributed by atoms with E-state index in [2.05, 4.69) is 18.9 Å². The number of rotatable bonds is 3. The summed E-state index contributed by atoms with van der Waals surface area (Å²) in [5.74, 6) is 9.19. The standard InChI is InChI=1S/C25H23NO6/c1-15-11-22(27)32-20-13-17(6-7-18(15)20)29-10-4-5-19-23-16(8-9-26(19)2)12-21-24(25(23)28-3)31-14-30-21/h6-7,11-13,19H,8-10,14H2,1-3H3/p+1/t19-/m1/s1. The van der Waals surface area contributed by atoms with E-state index < -0.39 is 0 Å². The van der Waals surface area contributed by atoms with Crippen LogP contribution in [0.1, 0.15) is 22.7 Å². The molecule has 0 saturated carbocycles. The van der Waals surface area contributed by atoms with Gasteiger partial charge in [0.15, 0.2) is 17.5 Å². The van der Waals surface area contributed by atoms with Crippen molar-refractivity contribution in [2.75, 3.05) is 34.1 Å². The Hall–Kier alpha value is -3.63. The lowest BCUT2D eigenvalue weighted by Crippen LogP contribution is -3.10.